The number of carbonyl (C=O) groups is 1. The van der Waals surface area contributed by atoms with Crippen LogP contribution in [0.2, 0.25) is 10.3 Å². The van der Waals surface area contributed by atoms with Crippen LogP contribution < -0.4 is 0 Å². The van der Waals surface area contributed by atoms with Crippen LogP contribution in [0, 0.1) is 0 Å². The third-order valence-corrected chi connectivity index (χ3v) is 4.49. The molecule has 20 heavy (non-hydrogen) atoms. The number of fused-ring (bicyclic) bond motifs is 1. The lowest BCUT2D eigenvalue weighted by Crippen LogP contribution is -2.39. The van der Waals surface area contributed by atoms with E-state index < -0.39 is 0 Å². The minimum atomic E-state index is 0.00458. The molecule has 3 rings (SSSR count). The van der Waals surface area contributed by atoms with E-state index in [1.165, 1.54) is 19.4 Å². The average molecular weight is 314 g/mol. The van der Waals surface area contributed by atoms with Gasteiger partial charge in [-0.25, -0.2) is 4.98 Å². The largest absolute Gasteiger partial charge is 0.337 e. The maximum atomic E-state index is 12.6. The van der Waals surface area contributed by atoms with Gasteiger partial charge in [-0.2, -0.15) is 0 Å². The maximum absolute atomic E-state index is 12.6. The predicted molar refractivity (Wildman–Crippen MR) is 79.4 cm³/mol. The van der Waals surface area contributed by atoms with Crippen molar-refractivity contribution < 1.29 is 4.79 Å². The van der Waals surface area contributed by atoms with Crippen molar-refractivity contribution in [1.82, 2.24) is 14.8 Å². The van der Waals surface area contributed by atoms with Crippen molar-refractivity contribution in [2.24, 2.45) is 0 Å². The molecule has 0 saturated carbocycles. The summed E-state index contributed by atoms with van der Waals surface area (Å²) in [6, 6.07) is 3.69. The molecule has 0 spiro atoms. The predicted octanol–water partition coefficient (Wildman–Crippen LogP) is 2.70. The third kappa shape index (κ3) is 2.92. The number of rotatable bonds is 1. The summed E-state index contributed by atoms with van der Waals surface area (Å²) in [5.41, 5.74) is 0.529. The zero-order valence-corrected chi connectivity index (χ0v) is 12.7. The highest BCUT2D eigenvalue weighted by Crippen LogP contribution is 2.23. The Bertz CT molecular complexity index is 503. The normalized spacial score (nSPS) is 23.5. The fourth-order valence-electron chi connectivity index (χ4n) is 3.16. The minimum Gasteiger partial charge on any atom is -0.337 e. The molecule has 6 heteroatoms. The third-order valence-electron chi connectivity index (χ3n) is 4.10. The van der Waals surface area contributed by atoms with Crippen LogP contribution in [0.25, 0.3) is 0 Å². The Hall–Kier alpha value is -0.840. The number of amides is 1. The second-order valence-electron chi connectivity index (χ2n) is 5.44. The molecule has 0 bridgehead atoms. The number of nitrogens with zero attached hydrogens (tertiary/aromatic N) is 3. The summed E-state index contributed by atoms with van der Waals surface area (Å²) >= 11 is 11.8. The van der Waals surface area contributed by atoms with Gasteiger partial charge in [0.25, 0.3) is 5.91 Å². The Kier molecular flexibility index (Phi) is 4.15. The SMILES string of the molecule is O=C(c1cc(Cl)nc(Cl)c1)N1CCCN2CCCC2C1. The molecule has 1 amide bonds. The van der Waals surface area contributed by atoms with E-state index in [1.807, 2.05) is 4.90 Å². The van der Waals surface area contributed by atoms with Crippen molar-refractivity contribution in [3.05, 3.63) is 28.0 Å². The number of pyridine rings is 1. The smallest absolute Gasteiger partial charge is 0.254 e. The summed E-state index contributed by atoms with van der Waals surface area (Å²) in [5.74, 6) is 0.00458. The van der Waals surface area contributed by atoms with Crippen molar-refractivity contribution >= 4 is 29.1 Å². The van der Waals surface area contributed by atoms with Crippen molar-refractivity contribution in [1.29, 1.82) is 0 Å². The quantitative estimate of drug-likeness (QED) is 0.748. The van der Waals surface area contributed by atoms with Crippen LogP contribution in [0.5, 0.6) is 0 Å². The molecule has 1 atom stereocenters. The van der Waals surface area contributed by atoms with E-state index in [9.17, 15) is 4.79 Å². The Balaban J connectivity index is 1.78. The highest BCUT2D eigenvalue weighted by molar-refractivity contribution is 6.33. The maximum Gasteiger partial charge on any atom is 0.254 e. The van der Waals surface area contributed by atoms with Gasteiger partial charge in [-0.3, -0.25) is 9.69 Å². The van der Waals surface area contributed by atoms with Crippen LogP contribution in [0.4, 0.5) is 0 Å². The summed E-state index contributed by atoms with van der Waals surface area (Å²) in [7, 11) is 0. The molecular weight excluding hydrogens is 297 g/mol. The van der Waals surface area contributed by atoms with Crippen LogP contribution in [0.15, 0.2) is 12.1 Å². The first-order valence-electron chi connectivity index (χ1n) is 7.00. The topological polar surface area (TPSA) is 36.4 Å². The molecule has 2 saturated heterocycles. The number of carbonyl (C=O) groups excluding carboxylic acids is 1. The highest BCUT2D eigenvalue weighted by atomic mass is 35.5. The molecule has 108 valence electrons. The van der Waals surface area contributed by atoms with Crippen LogP contribution in [-0.2, 0) is 0 Å². The lowest BCUT2D eigenvalue weighted by Gasteiger charge is -2.25. The Labute approximate surface area is 128 Å². The van der Waals surface area contributed by atoms with Gasteiger partial charge in [0, 0.05) is 31.2 Å². The van der Waals surface area contributed by atoms with Gasteiger partial charge in [-0.15, -0.1) is 0 Å². The van der Waals surface area contributed by atoms with Gasteiger partial charge < -0.3 is 4.90 Å². The molecule has 0 aromatic carbocycles. The molecule has 1 unspecified atom stereocenters. The van der Waals surface area contributed by atoms with Gasteiger partial charge in [0.05, 0.1) is 0 Å². The first-order chi connectivity index (χ1) is 9.63. The Morgan fingerprint density at radius 2 is 1.85 bits per heavy atom. The van der Waals surface area contributed by atoms with Gasteiger partial charge >= 0.3 is 0 Å². The lowest BCUT2D eigenvalue weighted by molar-refractivity contribution is 0.0743. The molecule has 1 aromatic rings. The molecular formula is C14H17Cl2N3O. The summed E-state index contributed by atoms with van der Waals surface area (Å²) in [5, 5.41) is 0.524. The average Bonchev–Trinajstić information content (AvgIpc) is 2.74. The summed E-state index contributed by atoms with van der Waals surface area (Å²) in [4.78, 5) is 20.9. The van der Waals surface area contributed by atoms with E-state index >= 15 is 0 Å². The molecule has 0 radical (unpaired) electrons. The second-order valence-corrected chi connectivity index (χ2v) is 6.21. The number of hydrogen-bond acceptors (Lipinski definition) is 3. The monoisotopic (exact) mass is 313 g/mol. The van der Waals surface area contributed by atoms with Crippen LogP contribution in [0.1, 0.15) is 29.6 Å². The fraction of sp³-hybridized carbons (Fsp3) is 0.571. The van der Waals surface area contributed by atoms with Crippen LogP contribution >= 0.6 is 23.2 Å². The summed E-state index contributed by atoms with van der Waals surface area (Å²) < 4.78 is 0. The number of hydrogen-bond donors (Lipinski definition) is 0. The van der Waals surface area contributed by atoms with Crippen molar-refractivity contribution in [2.75, 3.05) is 26.2 Å². The van der Waals surface area contributed by atoms with Gasteiger partial charge in [0.1, 0.15) is 10.3 Å². The first-order valence-corrected chi connectivity index (χ1v) is 7.75. The van der Waals surface area contributed by atoms with Crippen molar-refractivity contribution in [3.8, 4) is 0 Å². The Morgan fingerprint density at radius 1 is 1.15 bits per heavy atom. The first kappa shape index (κ1) is 14.1. The van der Waals surface area contributed by atoms with Gasteiger partial charge in [0.2, 0.25) is 0 Å². The zero-order valence-electron chi connectivity index (χ0n) is 11.2. The van der Waals surface area contributed by atoms with E-state index in [2.05, 4.69) is 9.88 Å². The highest BCUT2D eigenvalue weighted by Gasteiger charge is 2.30. The molecule has 1 aromatic heterocycles. The lowest BCUT2D eigenvalue weighted by atomic mass is 10.2. The molecule has 0 aliphatic carbocycles. The number of halogens is 2. The van der Waals surface area contributed by atoms with Crippen LogP contribution in [0.3, 0.4) is 0 Å². The van der Waals surface area contributed by atoms with E-state index in [0.717, 1.165) is 26.1 Å². The van der Waals surface area contributed by atoms with Gasteiger partial charge in [-0.1, -0.05) is 23.2 Å². The van der Waals surface area contributed by atoms with E-state index in [4.69, 9.17) is 23.2 Å². The molecule has 2 aliphatic rings. The number of aromatic nitrogens is 1. The fourth-order valence-corrected chi connectivity index (χ4v) is 3.62. The summed E-state index contributed by atoms with van der Waals surface area (Å²) in [6.07, 6.45) is 3.44. The molecule has 4 nitrogen and oxygen atoms in total. The molecule has 3 heterocycles. The molecule has 2 fully saturated rings. The van der Waals surface area contributed by atoms with Gasteiger partial charge in [-0.05, 0) is 37.9 Å². The standard InChI is InChI=1S/C14H17Cl2N3O/c15-12-7-10(8-13(16)17-12)14(20)19-6-2-5-18-4-1-3-11(18)9-19/h7-8,11H,1-6,9H2. The zero-order chi connectivity index (χ0) is 14.1. The Morgan fingerprint density at radius 3 is 2.60 bits per heavy atom. The van der Waals surface area contributed by atoms with Crippen molar-refractivity contribution in [2.45, 2.75) is 25.3 Å². The summed E-state index contributed by atoms with van der Waals surface area (Å²) in [6.45, 7) is 3.85. The van der Waals surface area contributed by atoms with Gasteiger partial charge in [0.15, 0.2) is 0 Å². The molecule has 2 aliphatic heterocycles. The van der Waals surface area contributed by atoms with E-state index in [0.29, 0.717) is 11.6 Å². The molecule has 0 N–H and O–H groups in total. The van der Waals surface area contributed by atoms with Crippen molar-refractivity contribution in [3.63, 3.8) is 0 Å². The van der Waals surface area contributed by atoms with E-state index in [1.54, 1.807) is 12.1 Å². The van der Waals surface area contributed by atoms with E-state index in [-0.39, 0.29) is 16.2 Å². The minimum absolute atomic E-state index is 0.00458. The van der Waals surface area contributed by atoms with Crippen LogP contribution in [-0.4, -0.2) is 52.9 Å². The second kappa shape index (κ2) is 5.88.